The maximum absolute atomic E-state index is 11.7. The van der Waals surface area contributed by atoms with E-state index in [1.165, 1.54) is 30.8 Å². The molecule has 0 aliphatic rings. The van der Waals surface area contributed by atoms with E-state index in [4.69, 9.17) is 0 Å². The van der Waals surface area contributed by atoms with Gasteiger partial charge in [0.1, 0.15) is 0 Å². The lowest BCUT2D eigenvalue weighted by molar-refractivity contribution is -0.385. The molecule has 0 saturated heterocycles. The molecule has 110 valence electrons. The molecule has 1 heterocycles. The maximum Gasteiger partial charge on any atom is 0.276 e. The molecule has 1 N–H and O–H groups in total. The van der Waals surface area contributed by atoms with Gasteiger partial charge in [-0.15, -0.1) is 0 Å². The van der Waals surface area contributed by atoms with Gasteiger partial charge in [0.2, 0.25) is 0 Å². The molecule has 7 heteroatoms. The Labute approximate surface area is 126 Å². The molecule has 1 aromatic heterocycles. The minimum Gasteiger partial charge on any atom is -0.267 e. The first kappa shape index (κ1) is 15.0. The van der Waals surface area contributed by atoms with Crippen LogP contribution >= 0.6 is 0 Å². The van der Waals surface area contributed by atoms with Crippen LogP contribution in [0.1, 0.15) is 15.9 Å². The Kier molecular flexibility index (Phi) is 5.09. The van der Waals surface area contributed by atoms with Crippen molar-refractivity contribution in [3.63, 3.8) is 0 Å². The molecule has 0 spiro atoms. The lowest BCUT2D eigenvalue weighted by atomic mass is 10.2. The van der Waals surface area contributed by atoms with Crippen LogP contribution in [0.15, 0.2) is 60.0 Å². The maximum atomic E-state index is 11.7. The van der Waals surface area contributed by atoms with E-state index >= 15 is 0 Å². The van der Waals surface area contributed by atoms with E-state index in [0.717, 1.165) is 0 Å². The number of aromatic nitrogens is 1. The zero-order valence-corrected chi connectivity index (χ0v) is 11.4. The zero-order valence-electron chi connectivity index (χ0n) is 11.4. The SMILES string of the molecule is O=C(N/N=C/C=C/c1ccccc1[N+](=O)[O-])c1ccncc1. The highest BCUT2D eigenvalue weighted by atomic mass is 16.6. The van der Waals surface area contributed by atoms with Gasteiger partial charge in [-0.05, 0) is 30.4 Å². The summed E-state index contributed by atoms with van der Waals surface area (Å²) >= 11 is 0. The molecule has 0 bridgehead atoms. The second kappa shape index (κ2) is 7.44. The molecule has 0 aliphatic carbocycles. The number of nitrogens with one attached hydrogen (secondary N) is 1. The topological polar surface area (TPSA) is 97.5 Å². The van der Waals surface area contributed by atoms with Gasteiger partial charge in [0.15, 0.2) is 0 Å². The summed E-state index contributed by atoms with van der Waals surface area (Å²) in [5.74, 6) is -0.363. The molecule has 2 rings (SSSR count). The van der Waals surface area contributed by atoms with Crippen LogP contribution in [-0.2, 0) is 0 Å². The first-order chi connectivity index (χ1) is 10.7. The van der Waals surface area contributed by atoms with Crippen molar-refractivity contribution in [2.75, 3.05) is 0 Å². The van der Waals surface area contributed by atoms with Crippen molar-refractivity contribution in [1.82, 2.24) is 10.4 Å². The number of nitrogens with zero attached hydrogens (tertiary/aromatic N) is 3. The van der Waals surface area contributed by atoms with Crippen LogP contribution < -0.4 is 5.43 Å². The minimum atomic E-state index is -0.456. The molecular formula is C15H12N4O3. The summed E-state index contributed by atoms with van der Waals surface area (Å²) in [4.78, 5) is 25.8. The van der Waals surface area contributed by atoms with Crippen LogP contribution in [0.5, 0.6) is 0 Å². The van der Waals surface area contributed by atoms with Crippen molar-refractivity contribution < 1.29 is 9.72 Å². The normalized spacial score (nSPS) is 10.9. The second-order valence-electron chi connectivity index (χ2n) is 4.13. The summed E-state index contributed by atoms with van der Waals surface area (Å²) in [6.07, 6.45) is 7.41. The van der Waals surface area contributed by atoms with Gasteiger partial charge in [-0.2, -0.15) is 5.10 Å². The lowest BCUT2D eigenvalue weighted by Gasteiger charge is -1.97. The number of hydrogen-bond donors (Lipinski definition) is 1. The molecule has 0 aliphatic heterocycles. The Bertz CT molecular complexity index is 727. The summed E-state index contributed by atoms with van der Waals surface area (Å²) in [7, 11) is 0. The highest BCUT2D eigenvalue weighted by Gasteiger charge is 2.08. The molecule has 0 fully saturated rings. The van der Waals surface area contributed by atoms with Gasteiger partial charge in [0, 0.05) is 30.2 Å². The Morgan fingerprint density at radius 3 is 2.68 bits per heavy atom. The standard InChI is InChI=1S/C15H12N4O3/c20-15(13-7-10-16-11-8-13)18-17-9-3-5-12-4-1-2-6-14(12)19(21)22/h1-11H,(H,18,20)/b5-3+,17-9+. The van der Waals surface area contributed by atoms with Gasteiger partial charge in [-0.3, -0.25) is 19.9 Å². The number of hydrogen-bond acceptors (Lipinski definition) is 5. The fourth-order valence-corrected chi connectivity index (χ4v) is 1.65. The highest BCUT2D eigenvalue weighted by molar-refractivity contribution is 5.94. The number of amides is 1. The predicted octanol–water partition coefficient (Wildman–Crippen LogP) is 2.42. The molecule has 1 aromatic carbocycles. The number of nitro benzene ring substituents is 1. The Morgan fingerprint density at radius 1 is 1.23 bits per heavy atom. The van der Waals surface area contributed by atoms with Gasteiger partial charge in [-0.25, -0.2) is 5.43 Å². The second-order valence-corrected chi connectivity index (χ2v) is 4.13. The predicted molar refractivity (Wildman–Crippen MR) is 82.3 cm³/mol. The van der Waals surface area contributed by atoms with Crippen LogP contribution in [-0.4, -0.2) is 22.0 Å². The lowest BCUT2D eigenvalue weighted by Crippen LogP contribution is -2.17. The van der Waals surface area contributed by atoms with E-state index in [2.05, 4.69) is 15.5 Å². The molecule has 0 radical (unpaired) electrons. The summed E-state index contributed by atoms with van der Waals surface area (Å²) in [6.45, 7) is 0. The van der Waals surface area contributed by atoms with Crippen LogP contribution in [0, 0.1) is 10.1 Å². The quantitative estimate of drug-likeness (QED) is 0.520. The van der Waals surface area contributed by atoms with E-state index in [0.29, 0.717) is 11.1 Å². The summed E-state index contributed by atoms with van der Waals surface area (Å²) in [5, 5.41) is 14.6. The number of carbonyl (C=O) groups excluding carboxylic acids is 1. The molecule has 0 atom stereocenters. The molecule has 22 heavy (non-hydrogen) atoms. The number of benzene rings is 1. The van der Waals surface area contributed by atoms with E-state index in [1.54, 1.807) is 36.4 Å². The summed E-state index contributed by atoms with van der Waals surface area (Å²) < 4.78 is 0. The van der Waals surface area contributed by atoms with Gasteiger partial charge < -0.3 is 0 Å². The van der Waals surface area contributed by atoms with Crippen molar-refractivity contribution in [3.8, 4) is 0 Å². The minimum absolute atomic E-state index is 0.00738. The van der Waals surface area contributed by atoms with Gasteiger partial charge in [0.25, 0.3) is 11.6 Å². The Morgan fingerprint density at radius 2 is 1.95 bits per heavy atom. The van der Waals surface area contributed by atoms with E-state index < -0.39 is 4.92 Å². The van der Waals surface area contributed by atoms with Crippen LogP contribution in [0.3, 0.4) is 0 Å². The third-order valence-corrected chi connectivity index (χ3v) is 2.68. The highest BCUT2D eigenvalue weighted by Crippen LogP contribution is 2.18. The Balaban J connectivity index is 1.96. The average Bonchev–Trinajstić information content (AvgIpc) is 2.55. The third kappa shape index (κ3) is 4.07. The molecule has 0 unspecified atom stereocenters. The van der Waals surface area contributed by atoms with Crippen molar-refractivity contribution >= 4 is 23.9 Å². The van der Waals surface area contributed by atoms with Crippen LogP contribution in [0.2, 0.25) is 0 Å². The van der Waals surface area contributed by atoms with Crippen LogP contribution in [0.4, 0.5) is 5.69 Å². The Hall–Kier alpha value is -3.35. The number of pyridine rings is 1. The largest absolute Gasteiger partial charge is 0.276 e. The zero-order chi connectivity index (χ0) is 15.8. The number of para-hydroxylation sites is 1. The monoisotopic (exact) mass is 296 g/mol. The third-order valence-electron chi connectivity index (χ3n) is 2.68. The van der Waals surface area contributed by atoms with Gasteiger partial charge in [0.05, 0.1) is 10.5 Å². The van der Waals surface area contributed by atoms with Crippen molar-refractivity contribution in [2.24, 2.45) is 5.10 Å². The number of rotatable bonds is 5. The molecule has 2 aromatic rings. The van der Waals surface area contributed by atoms with Gasteiger partial charge >= 0.3 is 0 Å². The number of allylic oxidation sites excluding steroid dienone is 1. The first-order valence-corrected chi connectivity index (χ1v) is 6.32. The summed E-state index contributed by atoms with van der Waals surface area (Å²) in [5.41, 5.74) is 3.25. The number of nitro groups is 1. The smallest absolute Gasteiger partial charge is 0.267 e. The summed E-state index contributed by atoms with van der Waals surface area (Å²) in [6, 6.07) is 9.47. The van der Waals surface area contributed by atoms with Crippen molar-refractivity contribution in [3.05, 3.63) is 76.1 Å². The molecular weight excluding hydrogens is 284 g/mol. The first-order valence-electron chi connectivity index (χ1n) is 6.32. The van der Waals surface area contributed by atoms with Crippen LogP contribution in [0.25, 0.3) is 6.08 Å². The fraction of sp³-hybridized carbons (Fsp3) is 0. The van der Waals surface area contributed by atoms with Gasteiger partial charge in [-0.1, -0.05) is 12.1 Å². The fourth-order valence-electron chi connectivity index (χ4n) is 1.65. The van der Waals surface area contributed by atoms with E-state index in [-0.39, 0.29) is 11.6 Å². The molecule has 7 nitrogen and oxygen atoms in total. The van der Waals surface area contributed by atoms with Crippen molar-refractivity contribution in [1.29, 1.82) is 0 Å². The molecule has 1 amide bonds. The van der Waals surface area contributed by atoms with Crippen molar-refractivity contribution in [2.45, 2.75) is 0 Å². The van der Waals surface area contributed by atoms with E-state index in [1.807, 2.05) is 0 Å². The van der Waals surface area contributed by atoms with E-state index in [9.17, 15) is 14.9 Å². The number of carbonyl (C=O) groups is 1. The molecule has 0 saturated carbocycles. The number of hydrazone groups is 1. The average molecular weight is 296 g/mol.